The molecule has 0 spiro atoms. The second kappa shape index (κ2) is 8.88. The lowest BCUT2D eigenvalue weighted by atomic mass is 10.2. The number of carbonyl (C=O) groups is 2. The Morgan fingerprint density at radius 3 is 2.68 bits per heavy atom. The Kier molecular flexibility index (Phi) is 6.30. The van der Waals surface area contributed by atoms with Crippen LogP contribution in [0, 0.1) is 13.8 Å². The lowest BCUT2D eigenvalue weighted by Crippen LogP contribution is -2.38. The van der Waals surface area contributed by atoms with Crippen LogP contribution in [0.1, 0.15) is 33.8 Å². The van der Waals surface area contributed by atoms with E-state index < -0.39 is 5.91 Å². The fourth-order valence-electron chi connectivity index (χ4n) is 3.36. The molecule has 2 aromatic rings. The van der Waals surface area contributed by atoms with Crippen molar-refractivity contribution < 1.29 is 18.8 Å². The van der Waals surface area contributed by atoms with E-state index >= 15 is 0 Å². The summed E-state index contributed by atoms with van der Waals surface area (Å²) in [6.07, 6.45) is 0.882. The first-order chi connectivity index (χ1) is 13.5. The summed E-state index contributed by atoms with van der Waals surface area (Å²) in [6.45, 7) is 7.50. The van der Waals surface area contributed by atoms with Gasteiger partial charge in [-0.25, -0.2) is 0 Å². The number of ether oxygens (including phenoxy) is 1. The first-order valence-electron chi connectivity index (χ1n) is 9.39. The minimum absolute atomic E-state index is 0.0986. The van der Waals surface area contributed by atoms with Crippen LogP contribution in [0.15, 0.2) is 28.8 Å². The summed E-state index contributed by atoms with van der Waals surface area (Å²) in [4.78, 5) is 28.2. The maximum Gasteiger partial charge on any atom is 0.260 e. The van der Waals surface area contributed by atoms with Crippen LogP contribution < -0.4 is 10.5 Å². The Morgan fingerprint density at radius 2 is 1.96 bits per heavy atom. The first kappa shape index (κ1) is 19.9. The fraction of sp³-hybridized carbons (Fsp3) is 0.450. The molecule has 0 unspecified atom stereocenters. The Hall–Kier alpha value is -2.87. The lowest BCUT2D eigenvalue weighted by Gasteiger charge is -2.22. The van der Waals surface area contributed by atoms with E-state index in [-0.39, 0.29) is 18.1 Å². The number of amides is 2. The van der Waals surface area contributed by atoms with Gasteiger partial charge in [-0.05, 0) is 32.4 Å². The Balaban J connectivity index is 1.54. The van der Waals surface area contributed by atoms with E-state index in [1.165, 1.54) is 0 Å². The molecule has 2 heterocycles. The third kappa shape index (κ3) is 4.69. The number of carbonyl (C=O) groups excluding carboxylic acids is 2. The highest BCUT2D eigenvalue weighted by Gasteiger charge is 2.22. The Labute approximate surface area is 164 Å². The minimum Gasteiger partial charge on any atom is -0.483 e. The molecule has 1 aromatic carbocycles. The molecule has 0 aliphatic carbocycles. The van der Waals surface area contributed by atoms with Gasteiger partial charge in [0.15, 0.2) is 6.61 Å². The summed E-state index contributed by atoms with van der Waals surface area (Å²) in [5.74, 6) is 0.501. The predicted molar refractivity (Wildman–Crippen MR) is 103 cm³/mol. The Bertz CT molecular complexity index is 829. The molecule has 1 aliphatic heterocycles. The highest BCUT2D eigenvalue weighted by atomic mass is 16.5. The van der Waals surface area contributed by atoms with E-state index in [4.69, 9.17) is 15.0 Å². The molecule has 8 nitrogen and oxygen atoms in total. The van der Waals surface area contributed by atoms with Crippen LogP contribution in [0.25, 0.3) is 0 Å². The molecule has 1 saturated heterocycles. The zero-order valence-electron chi connectivity index (χ0n) is 16.3. The van der Waals surface area contributed by atoms with Crippen molar-refractivity contribution in [3.8, 4) is 5.75 Å². The lowest BCUT2D eigenvalue weighted by molar-refractivity contribution is -0.133. The van der Waals surface area contributed by atoms with Gasteiger partial charge in [-0.2, -0.15) is 0 Å². The van der Waals surface area contributed by atoms with Crippen molar-refractivity contribution in [1.82, 2.24) is 15.0 Å². The van der Waals surface area contributed by atoms with Crippen molar-refractivity contribution in [2.24, 2.45) is 5.73 Å². The second-order valence-corrected chi connectivity index (χ2v) is 6.96. The zero-order valence-corrected chi connectivity index (χ0v) is 16.3. The summed E-state index contributed by atoms with van der Waals surface area (Å²) in [5, 5.41) is 4.01. The third-order valence-electron chi connectivity index (χ3n) is 5.01. The number of nitrogens with two attached hydrogens (primary N) is 1. The molecule has 28 heavy (non-hydrogen) atoms. The van der Waals surface area contributed by atoms with Crippen LogP contribution >= 0.6 is 0 Å². The van der Waals surface area contributed by atoms with Crippen LogP contribution in [0.3, 0.4) is 0 Å². The average Bonchev–Trinajstić information content (AvgIpc) is 2.88. The topological polar surface area (TPSA) is 102 Å². The molecule has 0 bridgehead atoms. The minimum atomic E-state index is -0.576. The van der Waals surface area contributed by atoms with Crippen LogP contribution in [0.2, 0.25) is 0 Å². The predicted octanol–water partition coefficient (Wildman–Crippen LogP) is 1.50. The summed E-state index contributed by atoms with van der Waals surface area (Å²) in [5.41, 5.74) is 7.65. The van der Waals surface area contributed by atoms with Gasteiger partial charge in [-0.15, -0.1) is 0 Å². The van der Waals surface area contributed by atoms with Gasteiger partial charge in [0.2, 0.25) is 0 Å². The molecule has 0 radical (unpaired) electrons. The second-order valence-electron chi connectivity index (χ2n) is 6.96. The standard InChI is InChI=1S/C20H26N4O4/c1-14-17(15(2)28-22-14)12-23-8-5-9-24(11-10-23)19(25)13-27-18-7-4-3-6-16(18)20(21)26/h3-4,6-7H,5,8-13H2,1-2H3,(H2,21,26). The number of benzene rings is 1. The highest BCUT2D eigenvalue weighted by molar-refractivity contribution is 5.95. The van der Waals surface area contributed by atoms with Crippen molar-refractivity contribution >= 4 is 11.8 Å². The van der Waals surface area contributed by atoms with Gasteiger partial charge in [0.25, 0.3) is 11.8 Å². The monoisotopic (exact) mass is 386 g/mol. The van der Waals surface area contributed by atoms with E-state index in [1.54, 1.807) is 29.2 Å². The number of hydrogen-bond donors (Lipinski definition) is 1. The summed E-state index contributed by atoms with van der Waals surface area (Å²) in [6, 6.07) is 6.67. The van der Waals surface area contributed by atoms with Crippen molar-refractivity contribution in [3.05, 3.63) is 46.8 Å². The van der Waals surface area contributed by atoms with Gasteiger partial charge in [0, 0.05) is 38.3 Å². The number of aryl methyl sites for hydroxylation is 2. The smallest absolute Gasteiger partial charge is 0.260 e. The molecule has 1 aromatic heterocycles. The molecule has 0 atom stereocenters. The van der Waals surface area contributed by atoms with Gasteiger partial charge in [-0.3, -0.25) is 14.5 Å². The van der Waals surface area contributed by atoms with Crippen molar-refractivity contribution in [3.63, 3.8) is 0 Å². The molecule has 8 heteroatoms. The van der Waals surface area contributed by atoms with E-state index in [1.807, 2.05) is 13.8 Å². The Morgan fingerprint density at radius 1 is 1.18 bits per heavy atom. The van der Waals surface area contributed by atoms with Crippen molar-refractivity contribution in [2.75, 3.05) is 32.8 Å². The summed E-state index contributed by atoms with van der Waals surface area (Å²) < 4.78 is 10.8. The number of aromatic nitrogens is 1. The number of nitrogens with zero attached hydrogens (tertiary/aromatic N) is 3. The molecular weight excluding hydrogens is 360 g/mol. The van der Waals surface area contributed by atoms with Gasteiger partial charge in [0.05, 0.1) is 11.3 Å². The van der Waals surface area contributed by atoms with Crippen molar-refractivity contribution in [1.29, 1.82) is 0 Å². The molecule has 1 aliphatic rings. The number of para-hydroxylation sites is 1. The molecular formula is C20H26N4O4. The van der Waals surface area contributed by atoms with Crippen LogP contribution in [-0.2, 0) is 11.3 Å². The normalized spacial score (nSPS) is 15.3. The van der Waals surface area contributed by atoms with E-state index in [9.17, 15) is 9.59 Å². The van der Waals surface area contributed by atoms with E-state index in [0.29, 0.717) is 18.8 Å². The number of rotatable bonds is 6. The van der Waals surface area contributed by atoms with Crippen LogP contribution in [-0.4, -0.2) is 59.6 Å². The van der Waals surface area contributed by atoms with Crippen molar-refractivity contribution in [2.45, 2.75) is 26.8 Å². The van der Waals surface area contributed by atoms with Gasteiger partial charge >= 0.3 is 0 Å². The highest BCUT2D eigenvalue weighted by Crippen LogP contribution is 2.18. The van der Waals surface area contributed by atoms with Gasteiger partial charge in [-0.1, -0.05) is 17.3 Å². The van der Waals surface area contributed by atoms with Gasteiger partial charge < -0.3 is 19.9 Å². The van der Waals surface area contributed by atoms with Crippen LogP contribution in [0.5, 0.6) is 5.75 Å². The molecule has 1 fully saturated rings. The maximum atomic E-state index is 12.6. The maximum absolute atomic E-state index is 12.6. The molecule has 3 rings (SSSR count). The molecule has 150 valence electrons. The van der Waals surface area contributed by atoms with E-state index in [0.717, 1.165) is 43.1 Å². The number of primary amides is 1. The largest absolute Gasteiger partial charge is 0.483 e. The SMILES string of the molecule is Cc1noc(C)c1CN1CCCN(C(=O)COc2ccccc2C(N)=O)CC1. The third-order valence-corrected chi connectivity index (χ3v) is 5.01. The summed E-state index contributed by atoms with van der Waals surface area (Å²) in [7, 11) is 0. The molecule has 2 N–H and O–H groups in total. The number of hydrogen-bond acceptors (Lipinski definition) is 6. The summed E-state index contributed by atoms with van der Waals surface area (Å²) >= 11 is 0. The fourth-order valence-corrected chi connectivity index (χ4v) is 3.36. The van der Waals surface area contributed by atoms with E-state index in [2.05, 4.69) is 10.1 Å². The first-order valence-corrected chi connectivity index (χ1v) is 9.39. The quantitative estimate of drug-likeness (QED) is 0.807. The van der Waals surface area contributed by atoms with Gasteiger partial charge in [0.1, 0.15) is 11.5 Å². The average molecular weight is 386 g/mol. The van der Waals surface area contributed by atoms with Crippen LogP contribution in [0.4, 0.5) is 0 Å². The zero-order chi connectivity index (χ0) is 20.1. The molecule has 2 amide bonds. The molecule has 0 saturated carbocycles.